The molecule has 9 rings (SSSR count). The molecule has 1 aromatic heterocycles. The van der Waals surface area contributed by atoms with Crippen LogP contribution in [0.1, 0.15) is 42.4 Å². The first-order valence-electron chi connectivity index (χ1n) is 17.2. The Morgan fingerprint density at radius 2 is 1.02 bits per heavy atom. The fourth-order valence-corrected chi connectivity index (χ4v) is 7.86. The Morgan fingerprint density at radius 1 is 0.469 bits per heavy atom. The Kier molecular flexibility index (Phi) is 7.31. The van der Waals surface area contributed by atoms with Crippen molar-refractivity contribution in [2.45, 2.75) is 31.1 Å². The maximum atomic E-state index is 5.17. The second kappa shape index (κ2) is 12.3. The zero-order valence-corrected chi connectivity index (χ0v) is 27.3. The second-order valence-corrected chi connectivity index (χ2v) is 13.0. The van der Waals surface area contributed by atoms with Crippen LogP contribution in [0.2, 0.25) is 0 Å². The summed E-state index contributed by atoms with van der Waals surface area (Å²) in [4.78, 5) is 15.3. The molecule has 0 N–H and O–H groups in total. The smallest absolute Gasteiger partial charge is 0.164 e. The number of hydrogen-bond donors (Lipinski definition) is 0. The summed E-state index contributed by atoms with van der Waals surface area (Å²) in [6.07, 6.45) is 16.1. The van der Waals surface area contributed by atoms with E-state index in [1.807, 2.05) is 24.3 Å². The molecule has 3 nitrogen and oxygen atoms in total. The fourth-order valence-electron chi connectivity index (χ4n) is 7.86. The molecule has 6 aromatic rings. The lowest BCUT2D eigenvalue weighted by Crippen LogP contribution is -2.30. The van der Waals surface area contributed by atoms with Crippen LogP contribution in [0, 0.1) is 0 Å². The van der Waals surface area contributed by atoms with Gasteiger partial charge in [0.2, 0.25) is 0 Å². The lowest BCUT2D eigenvalue weighted by atomic mass is 9.64. The molecule has 0 amide bonds. The van der Waals surface area contributed by atoms with Crippen molar-refractivity contribution in [2.24, 2.45) is 0 Å². The zero-order valence-electron chi connectivity index (χ0n) is 27.3. The SMILES string of the molecule is C1=CC(C2(c3ccccc3)C3=C(CCC=C3)c3ccc(-c4nc(-c5ccccc5)nc(-c5ccc(-c6ccccc6)cc5)n4)cc32)=CCC1. The number of aromatic nitrogens is 3. The largest absolute Gasteiger partial charge is 0.208 e. The topological polar surface area (TPSA) is 38.7 Å². The van der Waals surface area contributed by atoms with Crippen LogP contribution in [0.4, 0.5) is 0 Å². The fraction of sp³-hybridized carbons (Fsp3) is 0.109. The van der Waals surface area contributed by atoms with Crippen LogP contribution >= 0.6 is 0 Å². The van der Waals surface area contributed by atoms with E-state index < -0.39 is 5.41 Å². The maximum Gasteiger partial charge on any atom is 0.164 e. The van der Waals surface area contributed by atoms with Gasteiger partial charge in [-0.15, -0.1) is 0 Å². The van der Waals surface area contributed by atoms with Gasteiger partial charge in [-0.3, -0.25) is 0 Å². The Hall–Kier alpha value is -5.93. The van der Waals surface area contributed by atoms with Crippen molar-refractivity contribution in [3.05, 3.63) is 192 Å². The minimum Gasteiger partial charge on any atom is -0.208 e. The van der Waals surface area contributed by atoms with Gasteiger partial charge >= 0.3 is 0 Å². The van der Waals surface area contributed by atoms with Crippen molar-refractivity contribution >= 4 is 5.57 Å². The first-order valence-corrected chi connectivity index (χ1v) is 17.2. The van der Waals surface area contributed by atoms with Crippen LogP contribution in [0.25, 0.3) is 50.9 Å². The maximum absolute atomic E-state index is 5.17. The summed E-state index contributed by atoms with van der Waals surface area (Å²) in [6, 6.07) is 47.1. The lowest BCUT2D eigenvalue weighted by molar-refractivity contribution is 0.741. The Bertz CT molecular complexity index is 2300. The van der Waals surface area contributed by atoms with Crippen LogP contribution in [-0.2, 0) is 5.41 Å². The average molecular weight is 630 g/mol. The van der Waals surface area contributed by atoms with Crippen LogP contribution in [0.3, 0.4) is 0 Å². The summed E-state index contributed by atoms with van der Waals surface area (Å²) in [5, 5.41) is 0. The van der Waals surface area contributed by atoms with E-state index in [0.29, 0.717) is 17.5 Å². The van der Waals surface area contributed by atoms with Crippen LogP contribution < -0.4 is 0 Å². The van der Waals surface area contributed by atoms with E-state index >= 15 is 0 Å². The highest BCUT2D eigenvalue weighted by molar-refractivity contribution is 5.90. The van der Waals surface area contributed by atoms with Crippen molar-refractivity contribution in [3.8, 4) is 45.3 Å². The molecule has 0 fully saturated rings. The molecule has 0 radical (unpaired) electrons. The summed E-state index contributed by atoms with van der Waals surface area (Å²) < 4.78 is 0. The van der Waals surface area contributed by atoms with Crippen LogP contribution in [0.5, 0.6) is 0 Å². The number of fused-ring (bicyclic) bond motifs is 2. The summed E-state index contributed by atoms with van der Waals surface area (Å²) >= 11 is 0. The monoisotopic (exact) mass is 629 g/mol. The third-order valence-corrected chi connectivity index (χ3v) is 10.1. The number of hydrogen-bond acceptors (Lipinski definition) is 3. The van der Waals surface area contributed by atoms with Crippen molar-refractivity contribution < 1.29 is 0 Å². The molecular weight excluding hydrogens is 595 g/mol. The van der Waals surface area contributed by atoms with Crippen molar-refractivity contribution in [2.75, 3.05) is 0 Å². The average Bonchev–Trinajstić information content (AvgIpc) is 3.49. The molecule has 0 spiro atoms. The molecule has 1 heterocycles. The highest BCUT2D eigenvalue weighted by Crippen LogP contribution is 2.58. The number of rotatable bonds is 6. The van der Waals surface area contributed by atoms with Gasteiger partial charge in [0, 0.05) is 16.7 Å². The van der Waals surface area contributed by atoms with Gasteiger partial charge in [0.15, 0.2) is 17.5 Å². The Morgan fingerprint density at radius 3 is 1.69 bits per heavy atom. The number of allylic oxidation sites excluding steroid dienone is 8. The third kappa shape index (κ3) is 5.01. The molecule has 0 saturated carbocycles. The first kappa shape index (κ1) is 29.2. The highest BCUT2D eigenvalue weighted by Gasteiger charge is 2.48. The van der Waals surface area contributed by atoms with E-state index in [-0.39, 0.29) is 0 Å². The van der Waals surface area contributed by atoms with Gasteiger partial charge in [-0.1, -0.05) is 158 Å². The van der Waals surface area contributed by atoms with Gasteiger partial charge in [0.1, 0.15) is 0 Å². The van der Waals surface area contributed by atoms with E-state index in [2.05, 4.69) is 140 Å². The molecule has 234 valence electrons. The van der Waals surface area contributed by atoms with Gasteiger partial charge < -0.3 is 0 Å². The molecular formula is C46H35N3. The Labute approximate surface area is 287 Å². The minimum atomic E-state index is -0.402. The van der Waals surface area contributed by atoms with E-state index in [4.69, 9.17) is 15.0 Å². The number of benzene rings is 5. The summed E-state index contributed by atoms with van der Waals surface area (Å²) in [5.41, 5.74) is 13.0. The van der Waals surface area contributed by atoms with Gasteiger partial charge in [-0.05, 0) is 76.3 Å². The van der Waals surface area contributed by atoms with E-state index in [9.17, 15) is 0 Å². The lowest BCUT2D eigenvalue weighted by Gasteiger charge is -2.37. The third-order valence-electron chi connectivity index (χ3n) is 10.1. The predicted octanol–water partition coefficient (Wildman–Crippen LogP) is 11.2. The molecule has 3 aliphatic rings. The van der Waals surface area contributed by atoms with Gasteiger partial charge in [-0.2, -0.15) is 0 Å². The molecule has 0 bridgehead atoms. The van der Waals surface area contributed by atoms with Gasteiger partial charge in [0.25, 0.3) is 0 Å². The second-order valence-electron chi connectivity index (χ2n) is 13.0. The molecule has 0 saturated heterocycles. The summed E-state index contributed by atoms with van der Waals surface area (Å²) in [6.45, 7) is 0. The summed E-state index contributed by atoms with van der Waals surface area (Å²) in [7, 11) is 0. The standard InChI is InChI=1S/C46H35N3/c1-5-15-32(16-6-1)33-25-27-35(28-26-33)44-47-43(34-17-7-2-8-18-34)48-45(49-44)36-29-30-40-39-23-13-14-24-41(39)46(42(40)31-36,37-19-9-3-10-20-37)38-21-11-4-12-22-38/h1-3,5-11,14-22,24-31H,4,12-13,23H2. The first-order chi connectivity index (χ1) is 24.3. The number of nitrogens with zero attached hydrogens (tertiary/aromatic N) is 3. The highest BCUT2D eigenvalue weighted by atomic mass is 15.0. The summed E-state index contributed by atoms with van der Waals surface area (Å²) in [5.74, 6) is 2.01. The molecule has 5 aromatic carbocycles. The zero-order chi connectivity index (χ0) is 32.6. The van der Waals surface area contributed by atoms with Gasteiger partial charge in [0.05, 0.1) is 5.41 Å². The van der Waals surface area contributed by atoms with E-state index in [1.165, 1.54) is 39.0 Å². The molecule has 1 atom stereocenters. The van der Waals surface area contributed by atoms with Gasteiger partial charge in [-0.25, -0.2) is 15.0 Å². The molecule has 0 aliphatic heterocycles. The molecule has 1 unspecified atom stereocenters. The van der Waals surface area contributed by atoms with Crippen LogP contribution in [0.15, 0.2) is 175 Å². The van der Waals surface area contributed by atoms with Crippen LogP contribution in [-0.4, -0.2) is 15.0 Å². The Balaban J connectivity index is 1.23. The normalized spacial score (nSPS) is 17.8. The van der Waals surface area contributed by atoms with E-state index in [0.717, 1.165) is 47.9 Å². The predicted molar refractivity (Wildman–Crippen MR) is 201 cm³/mol. The van der Waals surface area contributed by atoms with Crippen molar-refractivity contribution in [3.63, 3.8) is 0 Å². The van der Waals surface area contributed by atoms with E-state index in [1.54, 1.807) is 0 Å². The minimum absolute atomic E-state index is 0.402. The van der Waals surface area contributed by atoms with Crippen molar-refractivity contribution in [1.82, 2.24) is 15.0 Å². The van der Waals surface area contributed by atoms with Crippen molar-refractivity contribution in [1.29, 1.82) is 0 Å². The molecule has 3 heteroatoms. The molecule has 3 aliphatic carbocycles. The molecule has 49 heavy (non-hydrogen) atoms. The quantitative estimate of drug-likeness (QED) is 0.184.